The summed E-state index contributed by atoms with van der Waals surface area (Å²) in [6.07, 6.45) is 4.65. The first-order valence-corrected chi connectivity index (χ1v) is 28.3. The average Bonchev–Trinajstić information content (AvgIpc) is 3.39. The molecule has 4 N–H and O–H groups in total. The molecule has 456 valence electrons. The van der Waals surface area contributed by atoms with E-state index in [1.54, 1.807) is 85.9 Å². The molecule has 2 bridgehead atoms. The van der Waals surface area contributed by atoms with Crippen LogP contribution in [0.1, 0.15) is 87.2 Å². The molecule has 4 aromatic rings. The summed E-state index contributed by atoms with van der Waals surface area (Å²) >= 11 is 0. The summed E-state index contributed by atoms with van der Waals surface area (Å²) in [5, 5.41) is 26.6. The smallest absolute Gasteiger partial charge is 0.330 e. The minimum absolute atomic E-state index is 0.00435. The van der Waals surface area contributed by atoms with E-state index in [2.05, 4.69) is 10.6 Å². The Balaban J connectivity index is 1.32. The molecule has 0 aliphatic carbocycles. The third kappa shape index (κ3) is 18.8. The van der Waals surface area contributed by atoms with Gasteiger partial charge in [0.05, 0.1) is 32.7 Å². The zero-order valence-corrected chi connectivity index (χ0v) is 49.3. The van der Waals surface area contributed by atoms with Crippen LogP contribution in [-0.2, 0) is 71.9 Å². The molecule has 0 unspecified atom stereocenters. The number of fused-ring (bicyclic) bond motifs is 3. The van der Waals surface area contributed by atoms with Gasteiger partial charge in [0.15, 0.2) is 18.1 Å². The van der Waals surface area contributed by atoms with E-state index in [4.69, 9.17) is 23.7 Å². The predicted molar refractivity (Wildman–Crippen MR) is 311 cm³/mol. The Hall–Kier alpha value is -8.95. The number of carbonyl (C=O) groups excluding carboxylic acids is 9. The van der Waals surface area contributed by atoms with Crippen molar-refractivity contribution < 1.29 is 77.0 Å². The first-order chi connectivity index (χ1) is 40.6. The largest absolute Gasteiger partial charge is 0.508 e. The number of amides is 6. The molecule has 4 atom stereocenters. The molecule has 22 nitrogen and oxygen atoms in total. The third-order valence-electron chi connectivity index (χ3n) is 14.9. The van der Waals surface area contributed by atoms with Gasteiger partial charge in [0.2, 0.25) is 29.4 Å². The molecule has 4 aromatic carbocycles. The number of phenolic OH excluding ortho intramolecular Hbond substituents is 2. The van der Waals surface area contributed by atoms with E-state index in [-0.39, 0.29) is 68.2 Å². The van der Waals surface area contributed by atoms with Gasteiger partial charge in [-0.3, -0.25) is 33.6 Å². The maximum atomic E-state index is 14.7. The highest BCUT2D eigenvalue weighted by Gasteiger charge is 2.43. The number of piperidine rings is 1. The highest BCUT2D eigenvalue weighted by atomic mass is 16.5. The Bertz CT molecular complexity index is 3040. The molecule has 2 aliphatic rings. The predicted octanol–water partition coefficient (Wildman–Crippen LogP) is 4.80. The highest BCUT2D eigenvalue weighted by Crippen LogP contribution is 2.37. The van der Waals surface area contributed by atoms with Crippen molar-refractivity contribution in [1.82, 2.24) is 30.2 Å². The van der Waals surface area contributed by atoms with E-state index in [1.165, 1.54) is 81.1 Å². The molecule has 2 aliphatic heterocycles. The van der Waals surface area contributed by atoms with E-state index in [0.717, 1.165) is 4.90 Å². The second kappa shape index (κ2) is 31.1. The van der Waals surface area contributed by atoms with E-state index in [9.17, 15) is 53.4 Å². The second-order valence-electron chi connectivity index (χ2n) is 21.8. The summed E-state index contributed by atoms with van der Waals surface area (Å²) in [4.78, 5) is 130. The van der Waals surface area contributed by atoms with Crippen molar-refractivity contribution in [2.75, 3.05) is 74.8 Å². The molecule has 6 rings (SSSR count). The number of cyclic esters (lactones) is 2. The summed E-state index contributed by atoms with van der Waals surface area (Å²) in [6, 6.07) is 20.7. The van der Waals surface area contributed by atoms with Gasteiger partial charge < -0.3 is 64.1 Å². The number of carbonyl (C=O) groups is 9. The highest BCUT2D eigenvalue weighted by molar-refractivity contribution is 6.38. The zero-order chi connectivity index (χ0) is 61.8. The molecule has 0 spiro atoms. The lowest BCUT2D eigenvalue weighted by molar-refractivity contribution is -0.165. The standard InChI is InChI=1S/C63H78N6O16/c1-63(2)40-84-57(75)23-13-8-9-15-30-66(3)55(73)37-64-54(72)38-67(4)60(78)47(32-41-18-11-10-12-19-41)65-59(77)49(33-42-24-27-45(70)28-25-42)68(5)56(74)39-83-46-21-17-20-44(34-46)51(29-26-43-35-52(81-6)53(82-7)36-50(43)71)85-62(80)48-22-14-16-31-69(48)61(79)58(63)76/h10-13,17-21,23-25,27-28,34-36,47-49,51,70-71H,8-9,14-16,22,26,29-33,37-40H2,1-7H3,(H,64,72)(H,65,77)/b23-13+/t47-,48+,49+,51-/m1/s1. The average molecular weight is 1180 g/mol. The van der Waals surface area contributed by atoms with Crippen LogP contribution in [0.4, 0.5) is 0 Å². The van der Waals surface area contributed by atoms with Crippen LogP contribution in [-0.4, -0.2) is 176 Å². The van der Waals surface area contributed by atoms with Gasteiger partial charge in [-0.2, -0.15) is 0 Å². The minimum atomic E-state index is -1.49. The van der Waals surface area contributed by atoms with Gasteiger partial charge in [0.25, 0.3) is 11.8 Å². The number of Topliss-reactive ketones (excluding diaryl/α,β-unsaturated/α-hetero) is 1. The van der Waals surface area contributed by atoms with Crippen molar-refractivity contribution >= 4 is 53.2 Å². The van der Waals surface area contributed by atoms with Crippen LogP contribution in [0, 0.1) is 5.41 Å². The van der Waals surface area contributed by atoms with Crippen LogP contribution >= 0.6 is 0 Å². The van der Waals surface area contributed by atoms with Crippen LogP contribution in [0.25, 0.3) is 0 Å². The lowest BCUT2D eigenvalue weighted by Gasteiger charge is -2.36. The Kier molecular flexibility index (Phi) is 23.9. The number of ether oxygens (including phenoxy) is 5. The number of ketones is 1. The van der Waals surface area contributed by atoms with Gasteiger partial charge in [-0.1, -0.05) is 60.7 Å². The van der Waals surface area contributed by atoms with Crippen molar-refractivity contribution in [1.29, 1.82) is 0 Å². The number of allylic oxidation sites excluding steroid dienone is 1. The number of phenols is 2. The fraction of sp³-hybridized carbons (Fsp3) is 0.444. The van der Waals surface area contributed by atoms with Crippen molar-refractivity contribution in [3.63, 3.8) is 0 Å². The summed E-state index contributed by atoms with van der Waals surface area (Å²) in [6.45, 7) is 1.48. The van der Waals surface area contributed by atoms with Crippen LogP contribution in [0.3, 0.4) is 0 Å². The zero-order valence-electron chi connectivity index (χ0n) is 49.3. The van der Waals surface area contributed by atoms with Crippen LogP contribution < -0.4 is 24.8 Å². The number of benzene rings is 4. The minimum Gasteiger partial charge on any atom is -0.508 e. The number of rotatable bonds is 9. The summed E-state index contributed by atoms with van der Waals surface area (Å²) in [5.41, 5.74) is 0.590. The normalized spacial score (nSPS) is 21.4. The van der Waals surface area contributed by atoms with Gasteiger partial charge in [-0.25, -0.2) is 9.59 Å². The monoisotopic (exact) mass is 1170 g/mol. The number of hydrogen-bond donors (Lipinski definition) is 4. The number of esters is 2. The van der Waals surface area contributed by atoms with Crippen molar-refractivity contribution in [3.05, 3.63) is 125 Å². The SMILES string of the molecule is COc1cc(O)c(CC[C@H]2OC(=O)[C@@H]3CCCCN3C(=O)C(=O)C(C)(C)COC(=O)/C=C/CCCCN(C)C(=O)CNC(=O)CN(C)C(=O)[C@@H](Cc3ccccc3)NC(=O)[C@H](Cc3ccc(O)cc3)N(C)C(=O)COc3cccc2c3)cc1OC. The van der Waals surface area contributed by atoms with E-state index >= 15 is 0 Å². The summed E-state index contributed by atoms with van der Waals surface area (Å²) in [5.74, 6) is -5.75. The Morgan fingerprint density at radius 3 is 2.14 bits per heavy atom. The second-order valence-corrected chi connectivity index (χ2v) is 21.8. The first-order valence-electron chi connectivity index (χ1n) is 28.3. The van der Waals surface area contributed by atoms with Gasteiger partial charge in [-0.05, 0) is 118 Å². The number of aromatic hydroxyl groups is 2. The number of hydrogen-bond acceptors (Lipinski definition) is 16. The molecule has 0 radical (unpaired) electrons. The molecule has 2 heterocycles. The number of aryl methyl sites for hydroxylation is 1. The molecule has 6 amide bonds. The van der Waals surface area contributed by atoms with Crippen LogP contribution in [0.2, 0.25) is 0 Å². The maximum absolute atomic E-state index is 14.7. The Morgan fingerprint density at radius 1 is 0.729 bits per heavy atom. The van der Waals surface area contributed by atoms with Gasteiger partial charge in [-0.15, -0.1) is 0 Å². The van der Waals surface area contributed by atoms with Crippen molar-refractivity contribution in [2.24, 2.45) is 5.41 Å². The van der Waals surface area contributed by atoms with Crippen LogP contribution in [0.15, 0.2) is 103 Å². The van der Waals surface area contributed by atoms with E-state index < -0.39 is 103 Å². The molecule has 0 aromatic heterocycles. The topological polar surface area (TPSA) is 277 Å². The fourth-order valence-corrected chi connectivity index (χ4v) is 9.76. The van der Waals surface area contributed by atoms with Gasteiger partial charge in [0.1, 0.15) is 48.1 Å². The number of nitrogens with one attached hydrogen (secondary N) is 2. The molecule has 0 saturated carbocycles. The number of likely N-dealkylation sites (N-methyl/N-ethyl adjacent to an activating group) is 3. The molecule has 22 heteroatoms. The molecular weight excluding hydrogens is 1100 g/mol. The van der Waals surface area contributed by atoms with Gasteiger partial charge >= 0.3 is 11.9 Å². The van der Waals surface area contributed by atoms with Gasteiger partial charge in [0, 0.05) is 59.2 Å². The first kappa shape index (κ1) is 65.2. The lowest BCUT2D eigenvalue weighted by atomic mass is 9.87. The Labute approximate surface area is 495 Å². The molecular formula is C63H78N6O16. The number of methoxy groups -OCH3 is 2. The van der Waals surface area contributed by atoms with Crippen molar-refractivity contribution in [3.8, 4) is 28.7 Å². The molecule has 1 saturated heterocycles. The quantitative estimate of drug-likeness (QED) is 0.129. The van der Waals surface area contributed by atoms with E-state index in [0.29, 0.717) is 66.7 Å². The number of nitrogens with zero attached hydrogens (tertiary/aromatic N) is 4. The maximum Gasteiger partial charge on any atom is 0.330 e. The molecule has 85 heavy (non-hydrogen) atoms. The summed E-state index contributed by atoms with van der Waals surface area (Å²) in [7, 11) is 7.26. The third-order valence-corrected chi connectivity index (χ3v) is 14.9. The van der Waals surface area contributed by atoms with Crippen molar-refractivity contribution in [2.45, 2.75) is 102 Å². The Morgan fingerprint density at radius 2 is 1.42 bits per heavy atom. The molecule has 1 fully saturated rings. The van der Waals surface area contributed by atoms with E-state index in [1.807, 2.05) is 0 Å². The lowest BCUT2D eigenvalue weighted by Crippen LogP contribution is -2.56. The van der Waals surface area contributed by atoms with Crippen LogP contribution in [0.5, 0.6) is 28.7 Å². The summed E-state index contributed by atoms with van der Waals surface area (Å²) < 4.78 is 28.7. The fourth-order valence-electron chi connectivity index (χ4n) is 9.76.